The van der Waals surface area contributed by atoms with Crippen LogP contribution >= 0.6 is 15.9 Å². The Balaban J connectivity index is 1.79. The first-order valence-corrected chi connectivity index (χ1v) is 8.13. The fourth-order valence-corrected chi connectivity index (χ4v) is 3.95. The summed E-state index contributed by atoms with van der Waals surface area (Å²) in [4.78, 5) is 0. The maximum Gasteiger partial charge on any atom is 0.0940 e. The third kappa shape index (κ3) is 2.67. The van der Waals surface area contributed by atoms with Gasteiger partial charge in [-0.2, -0.15) is 0 Å². The van der Waals surface area contributed by atoms with Crippen molar-refractivity contribution in [3.8, 4) is 0 Å². The number of aryl methyl sites for hydroxylation is 1. The first-order chi connectivity index (χ1) is 9.61. The fourth-order valence-electron chi connectivity index (χ4n) is 3.42. The van der Waals surface area contributed by atoms with Gasteiger partial charge in [-0.05, 0) is 36.8 Å². The SMILES string of the molecule is Cc1cccc(C(N)C2CCOC3(CCOC3)C2)c1Br. The van der Waals surface area contributed by atoms with E-state index >= 15 is 0 Å². The highest BCUT2D eigenvalue weighted by atomic mass is 79.9. The van der Waals surface area contributed by atoms with E-state index in [0.29, 0.717) is 5.92 Å². The van der Waals surface area contributed by atoms with Gasteiger partial charge in [0.25, 0.3) is 0 Å². The van der Waals surface area contributed by atoms with Crippen LogP contribution in [0.2, 0.25) is 0 Å². The lowest BCUT2D eigenvalue weighted by Gasteiger charge is -2.39. The van der Waals surface area contributed by atoms with Crippen molar-refractivity contribution in [1.29, 1.82) is 0 Å². The van der Waals surface area contributed by atoms with E-state index in [-0.39, 0.29) is 11.6 Å². The molecule has 0 amide bonds. The van der Waals surface area contributed by atoms with Crippen LogP contribution in [0.4, 0.5) is 0 Å². The molecule has 0 aromatic heterocycles. The van der Waals surface area contributed by atoms with Crippen LogP contribution in [0.3, 0.4) is 0 Å². The lowest BCUT2D eigenvalue weighted by molar-refractivity contribution is -0.101. The minimum absolute atomic E-state index is 0.0608. The van der Waals surface area contributed by atoms with Crippen molar-refractivity contribution in [1.82, 2.24) is 0 Å². The van der Waals surface area contributed by atoms with Gasteiger partial charge in [-0.1, -0.05) is 34.1 Å². The van der Waals surface area contributed by atoms with Gasteiger partial charge in [-0.3, -0.25) is 0 Å². The molecule has 110 valence electrons. The molecule has 20 heavy (non-hydrogen) atoms. The van der Waals surface area contributed by atoms with E-state index in [2.05, 4.69) is 41.1 Å². The first kappa shape index (κ1) is 14.5. The van der Waals surface area contributed by atoms with Crippen molar-refractivity contribution in [2.24, 2.45) is 11.7 Å². The van der Waals surface area contributed by atoms with Crippen molar-refractivity contribution >= 4 is 15.9 Å². The number of hydrogen-bond acceptors (Lipinski definition) is 3. The van der Waals surface area contributed by atoms with Gasteiger partial charge in [-0.25, -0.2) is 0 Å². The zero-order valence-corrected chi connectivity index (χ0v) is 13.5. The van der Waals surface area contributed by atoms with Crippen LogP contribution in [-0.4, -0.2) is 25.4 Å². The maximum atomic E-state index is 6.56. The molecule has 3 atom stereocenters. The van der Waals surface area contributed by atoms with Crippen molar-refractivity contribution in [2.45, 2.75) is 37.8 Å². The van der Waals surface area contributed by atoms with Crippen LogP contribution in [0.15, 0.2) is 22.7 Å². The lowest BCUT2D eigenvalue weighted by Crippen LogP contribution is -2.43. The number of hydrogen-bond donors (Lipinski definition) is 1. The number of ether oxygens (including phenoxy) is 2. The van der Waals surface area contributed by atoms with Crippen LogP contribution in [0.5, 0.6) is 0 Å². The van der Waals surface area contributed by atoms with Gasteiger partial charge in [-0.15, -0.1) is 0 Å². The summed E-state index contributed by atoms with van der Waals surface area (Å²) in [6, 6.07) is 6.39. The number of rotatable bonds is 2. The molecule has 2 aliphatic rings. The first-order valence-electron chi connectivity index (χ1n) is 7.34. The van der Waals surface area contributed by atoms with E-state index in [1.807, 2.05) is 0 Å². The molecule has 2 fully saturated rings. The van der Waals surface area contributed by atoms with Gasteiger partial charge in [0.15, 0.2) is 0 Å². The average molecular weight is 340 g/mol. The van der Waals surface area contributed by atoms with Crippen LogP contribution in [0.25, 0.3) is 0 Å². The number of benzene rings is 1. The average Bonchev–Trinajstić information content (AvgIpc) is 2.89. The molecular weight excluding hydrogens is 318 g/mol. The second-order valence-corrected chi connectivity index (χ2v) is 6.88. The normalized spacial score (nSPS) is 31.6. The molecule has 3 nitrogen and oxygen atoms in total. The van der Waals surface area contributed by atoms with E-state index in [0.717, 1.165) is 43.6 Å². The molecule has 3 rings (SSSR count). The Morgan fingerprint density at radius 1 is 1.40 bits per heavy atom. The van der Waals surface area contributed by atoms with Crippen molar-refractivity contribution < 1.29 is 9.47 Å². The lowest BCUT2D eigenvalue weighted by atomic mass is 9.79. The van der Waals surface area contributed by atoms with Crippen LogP contribution in [0.1, 0.15) is 36.4 Å². The Hall–Kier alpha value is -0.420. The summed E-state index contributed by atoms with van der Waals surface area (Å²) in [5.74, 6) is 0.462. The highest BCUT2D eigenvalue weighted by molar-refractivity contribution is 9.10. The quantitative estimate of drug-likeness (QED) is 0.898. The zero-order valence-electron chi connectivity index (χ0n) is 11.9. The predicted octanol–water partition coefficient (Wildman–Crippen LogP) is 3.34. The summed E-state index contributed by atoms with van der Waals surface area (Å²) in [7, 11) is 0. The minimum atomic E-state index is -0.0726. The molecule has 2 saturated heterocycles. The molecule has 0 aliphatic carbocycles. The Morgan fingerprint density at radius 3 is 3.00 bits per heavy atom. The molecule has 1 aromatic carbocycles. The molecule has 4 heteroatoms. The maximum absolute atomic E-state index is 6.56. The zero-order chi connectivity index (χ0) is 14.2. The van der Waals surface area contributed by atoms with Gasteiger partial charge in [0.2, 0.25) is 0 Å². The standard InChI is InChI=1S/C16H22BrNO2/c1-11-3-2-4-13(14(11)17)15(18)12-5-7-20-16(9-12)6-8-19-10-16/h2-4,12,15H,5-10,18H2,1H3. The van der Waals surface area contributed by atoms with E-state index in [9.17, 15) is 0 Å². The van der Waals surface area contributed by atoms with Gasteiger partial charge < -0.3 is 15.2 Å². The third-order valence-electron chi connectivity index (χ3n) is 4.69. The second-order valence-electron chi connectivity index (χ2n) is 6.09. The second kappa shape index (κ2) is 5.76. The third-order valence-corrected chi connectivity index (χ3v) is 5.77. The molecule has 2 aliphatic heterocycles. The van der Waals surface area contributed by atoms with Gasteiger partial charge in [0.1, 0.15) is 0 Å². The molecule has 1 aromatic rings. The van der Waals surface area contributed by atoms with Crippen LogP contribution in [0, 0.1) is 12.8 Å². The molecule has 0 radical (unpaired) electrons. The summed E-state index contributed by atoms with van der Waals surface area (Å²) < 4.78 is 12.7. The Labute approximate surface area is 129 Å². The monoisotopic (exact) mass is 339 g/mol. The fraction of sp³-hybridized carbons (Fsp3) is 0.625. The van der Waals surface area contributed by atoms with Gasteiger partial charge >= 0.3 is 0 Å². The van der Waals surface area contributed by atoms with Crippen molar-refractivity contribution in [3.63, 3.8) is 0 Å². The molecular formula is C16H22BrNO2. The van der Waals surface area contributed by atoms with Crippen LogP contribution < -0.4 is 5.73 Å². The largest absolute Gasteiger partial charge is 0.378 e. The summed E-state index contributed by atoms with van der Waals surface area (Å²) >= 11 is 3.69. The Morgan fingerprint density at radius 2 is 2.25 bits per heavy atom. The predicted molar refractivity (Wildman–Crippen MR) is 82.7 cm³/mol. The summed E-state index contributed by atoms with van der Waals surface area (Å²) in [6.45, 7) is 4.45. The van der Waals surface area contributed by atoms with Crippen LogP contribution in [-0.2, 0) is 9.47 Å². The number of halogens is 1. The van der Waals surface area contributed by atoms with Gasteiger partial charge in [0, 0.05) is 30.1 Å². The van der Waals surface area contributed by atoms with E-state index in [4.69, 9.17) is 15.2 Å². The topological polar surface area (TPSA) is 44.5 Å². The molecule has 1 spiro atoms. The highest BCUT2D eigenvalue weighted by Crippen LogP contribution is 2.41. The summed E-state index contributed by atoms with van der Waals surface area (Å²) in [5.41, 5.74) is 8.95. The molecule has 2 N–H and O–H groups in total. The molecule has 0 saturated carbocycles. The van der Waals surface area contributed by atoms with E-state index in [1.165, 1.54) is 11.1 Å². The van der Waals surface area contributed by atoms with E-state index in [1.54, 1.807) is 0 Å². The molecule has 2 heterocycles. The Bertz CT molecular complexity index is 485. The summed E-state index contributed by atoms with van der Waals surface area (Å²) in [6.07, 6.45) is 3.04. The highest BCUT2D eigenvalue weighted by Gasteiger charge is 2.42. The van der Waals surface area contributed by atoms with E-state index < -0.39 is 0 Å². The molecule has 3 unspecified atom stereocenters. The van der Waals surface area contributed by atoms with Crippen molar-refractivity contribution in [3.05, 3.63) is 33.8 Å². The molecule has 0 bridgehead atoms. The smallest absolute Gasteiger partial charge is 0.0940 e. The summed E-state index contributed by atoms with van der Waals surface area (Å²) in [5, 5.41) is 0. The number of nitrogens with two attached hydrogens (primary N) is 1. The van der Waals surface area contributed by atoms with Gasteiger partial charge in [0.05, 0.1) is 12.2 Å². The van der Waals surface area contributed by atoms with Crippen molar-refractivity contribution in [2.75, 3.05) is 19.8 Å². The minimum Gasteiger partial charge on any atom is -0.378 e. The Kier molecular flexibility index (Phi) is 4.18.